The van der Waals surface area contributed by atoms with Gasteiger partial charge in [0.05, 0.1) is 6.10 Å². The van der Waals surface area contributed by atoms with Crippen LogP contribution >= 0.6 is 0 Å². The fraction of sp³-hybridized carbons (Fsp3) is 1.00. The molecule has 1 unspecified atom stereocenters. The molecule has 2 aliphatic heterocycles. The molecule has 0 aromatic carbocycles. The van der Waals surface area contributed by atoms with Crippen LogP contribution in [0.3, 0.4) is 0 Å². The second kappa shape index (κ2) is 3.17. The molecule has 0 aromatic rings. The monoisotopic (exact) mass is 230 g/mol. The van der Waals surface area contributed by atoms with Gasteiger partial charge in [-0.05, 0) is 26.7 Å². The second-order valence-electron chi connectivity index (χ2n) is 5.25. The first-order valence-electron chi connectivity index (χ1n) is 5.73. The van der Waals surface area contributed by atoms with Crippen LogP contribution in [-0.4, -0.2) is 48.2 Å². The number of rotatable bonds is 1. The molecule has 16 heavy (non-hydrogen) atoms. The third-order valence-corrected chi connectivity index (χ3v) is 3.82. The van der Waals surface area contributed by atoms with Gasteiger partial charge in [-0.15, -0.1) is 0 Å². The van der Waals surface area contributed by atoms with E-state index in [0.717, 1.165) is 12.8 Å². The van der Waals surface area contributed by atoms with Crippen LogP contribution in [0.1, 0.15) is 26.7 Å². The lowest BCUT2D eigenvalue weighted by molar-refractivity contribution is -0.289. The number of aliphatic hydroxyl groups excluding tert-OH is 1. The summed E-state index contributed by atoms with van der Waals surface area (Å²) in [7, 11) is 1.58. The van der Waals surface area contributed by atoms with Crippen molar-refractivity contribution < 1.29 is 24.1 Å². The summed E-state index contributed by atoms with van der Waals surface area (Å²) < 4.78 is 22.7. The van der Waals surface area contributed by atoms with Crippen molar-refractivity contribution in [2.45, 2.75) is 62.7 Å². The molecule has 0 amide bonds. The summed E-state index contributed by atoms with van der Waals surface area (Å²) in [4.78, 5) is 0. The number of ether oxygens (including phenoxy) is 4. The van der Waals surface area contributed by atoms with Crippen LogP contribution in [0.15, 0.2) is 0 Å². The van der Waals surface area contributed by atoms with Gasteiger partial charge < -0.3 is 24.1 Å². The average Bonchev–Trinajstić information content (AvgIpc) is 2.68. The first-order chi connectivity index (χ1) is 7.48. The Morgan fingerprint density at radius 2 is 2.00 bits per heavy atom. The summed E-state index contributed by atoms with van der Waals surface area (Å²) >= 11 is 0. The third-order valence-electron chi connectivity index (χ3n) is 3.82. The van der Waals surface area contributed by atoms with E-state index in [1.54, 1.807) is 7.11 Å². The number of hydrogen-bond acceptors (Lipinski definition) is 5. The van der Waals surface area contributed by atoms with E-state index in [2.05, 4.69) is 0 Å². The molecule has 5 nitrogen and oxygen atoms in total. The normalized spacial score (nSPS) is 54.0. The highest BCUT2D eigenvalue weighted by Gasteiger charge is 2.68. The van der Waals surface area contributed by atoms with Crippen LogP contribution in [0.4, 0.5) is 0 Å². The fourth-order valence-corrected chi connectivity index (χ4v) is 2.93. The molecule has 2 heterocycles. The first kappa shape index (κ1) is 10.9. The average molecular weight is 230 g/mol. The van der Waals surface area contributed by atoms with Gasteiger partial charge in [0.15, 0.2) is 12.1 Å². The lowest BCUT2D eigenvalue weighted by Crippen LogP contribution is -2.59. The second-order valence-corrected chi connectivity index (χ2v) is 5.25. The van der Waals surface area contributed by atoms with Crippen molar-refractivity contribution in [1.82, 2.24) is 0 Å². The zero-order valence-electron chi connectivity index (χ0n) is 9.80. The quantitative estimate of drug-likeness (QED) is 0.706. The molecule has 3 rings (SSSR count). The maximum atomic E-state index is 9.91. The van der Waals surface area contributed by atoms with Gasteiger partial charge in [-0.1, -0.05) is 0 Å². The van der Waals surface area contributed by atoms with E-state index in [4.69, 9.17) is 18.9 Å². The summed E-state index contributed by atoms with van der Waals surface area (Å²) in [6.45, 7) is 3.74. The summed E-state index contributed by atoms with van der Waals surface area (Å²) in [5.41, 5.74) is -0.612. The fourth-order valence-electron chi connectivity index (χ4n) is 2.93. The molecular weight excluding hydrogens is 212 g/mol. The number of hydrogen-bond donors (Lipinski definition) is 1. The highest BCUT2D eigenvalue weighted by molar-refractivity contribution is 5.13. The van der Waals surface area contributed by atoms with Crippen molar-refractivity contribution in [2.75, 3.05) is 7.11 Å². The molecule has 1 aliphatic carbocycles. The molecule has 2 saturated heterocycles. The molecule has 0 aromatic heterocycles. The van der Waals surface area contributed by atoms with Crippen LogP contribution in [0.25, 0.3) is 0 Å². The summed E-state index contributed by atoms with van der Waals surface area (Å²) in [5, 5.41) is 9.91. The van der Waals surface area contributed by atoms with Gasteiger partial charge in [-0.25, -0.2) is 0 Å². The molecule has 0 bridgehead atoms. The predicted octanol–water partition coefficient (Wildman–Crippen LogP) is 0.403. The Morgan fingerprint density at radius 3 is 2.50 bits per heavy atom. The van der Waals surface area contributed by atoms with Crippen LogP contribution in [-0.2, 0) is 18.9 Å². The largest absolute Gasteiger partial charge is 0.390 e. The Balaban J connectivity index is 1.89. The van der Waals surface area contributed by atoms with E-state index < -0.39 is 23.8 Å². The van der Waals surface area contributed by atoms with Crippen molar-refractivity contribution >= 4 is 0 Å². The smallest absolute Gasteiger partial charge is 0.187 e. The van der Waals surface area contributed by atoms with Crippen molar-refractivity contribution in [2.24, 2.45) is 0 Å². The molecule has 5 heteroatoms. The zero-order chi connectivity index (χ0) is 11.6. The zero-order valence-corrected chi connectivity index (χ0v) is 9.80. The minimum atomic E-state index is -0.627. The van der Waals surface area contributed by atoms with E-state index in [-0.39, 0.29) is 12.2 Å². The first-order valence-corrected chi connectivity index (χ1v) is 5.73. The minimum Gasteiger partial charge on any atom is -0.390 e. The Bertz CT molecular complexity index is 305. The molecular formula is C11H18O5. The molecule has 0 radical (unpaired) electrons. The van der Waals surface area contributed by atoms with Crippen molar-refractivity contribution in [3.8, 4) is 0 Å². The van der Waals surface area contributed by atoms with Crippen LogP contribution in [0, 0.1) is 0 Å². The van der Waals surface area contributed by atoms with E-state index in [1.165, 1.54) is 0 Å². The van der Waals surface area contributed by atoms with E-state index in [1.807, 2.05) is 13.8 Å². The summed E-state index contributed by atoms with van der Waals surface area (Å²) in [5.74, 6) is -0.627. The maximum absolute atomic E-state index is 9.91. The number of methoxy groups -OCH3 is 1. The van der Waals surface area contributed by atoms with Crippen molar-refractivity contribution in [3.63, 3.8) is 0 Å². The molecule has 1 N–H and O–H groups in total. The van der Waals surface area contributed by atoms with Crippen molar-refractivity contribution in [3.05, 3.63) is 0 Å². The molecule has 3 aliphatic rings. The lowest BCUT2D eigenvalue weighted by Gasteiger charge is -2.45. The Morgan fingerprint density at radius 1 is 1.25 bits per heavy atom. The highest BCUT2D eigenvalue weighted by atomic mass is 16.8. The van der Waals surface area contributed by atoms with Gasteiger partial charge in [-0.3, -0.25) is 0 Å². The standard InChI is InChI=1S/C11H18O5/c1-10(2)14-7-8(15-10)11(5-4-6(11)12)16-9(7)13-3/h6-9,12H,4-5H2,1-3H3/t6-,7?,8-,9-,11+/m1/s1. The Labute approximate surface area is 94.6 Å². The molecule has 1 saturated carbocycles. The Kier molecular flexibility index (Phi) is 2.17. The number of fused-ring (bicyclic) bond motifs is 2. The lowest BCUT2D eigenvalue weighted by atomic mass is 9.73. The minimum absolute atomic E-state index is 0.226. The van der Waals surface area contributed by atoms with Gasteiger partial charge in [0.1, 0.15) is 17.8 Å². The SMILES string of the molecule is CO[C@@H]1O[C@]2(CC[C@H]2O)[C@@H]2OC(C)(C)OC12. The van der Waals surface area contributed by atoms with E-state index in [9.17, 15) is 5.11 Å². The van der Waals surface area contributed by atoms with Gasteiger partial charge in [0.25, 0.3) is 0 Å². The van der Waals surface area contributed by atoms with Crippen LogP contribution in [0.2, 0.25) is 0 Å². The molecule has 5 atom stereocenters. The van der Waals surface area contributed by atoms with Gasteiger partial charge in [0.2, 0.25) is 0 Å². The number of aliphatic hydroxyl groups is 1. The molecule has 1 spiro atoms. The third kappa shape index (κ3) is 1.23. The van der Waals surface area contributed by atoms with Crippen LogP contribution in [0.5, 0.6) is 0 Å². The summed E-state index contributed by atoms with van der Waals surface area (Å²) in [6, 6.07) is 0. The molecule has 92 valence electrons. The van der Waals surface area contributed by atoms with Gasteiger partial charge in [0, 0.05) is 7.11 Å². The van der Waals surface area contributed by atoms with Gasteiger partial charge >= 0.3 is 0 Å². The summed E-state index contributed by atoms with van der Waals surface area (Å²) in [6.07, 6.45) is 0.170. The van der Waals surface area contributed by atoms with Crippen molar-refractivity contribution in [1.29, 1.82) is 0 Å². The maximum Gasteiger partial charge on any atom is 0.187 e. The topological polar surface area (TPSA) is 57.2 Å². The van der Waals surface area contributed by atoms with E-state index >= 15 is 0 Å². The van der Waals surface area contributed by atoms with E-state index in [0.29, 0.717) is 0 Å². The molecule has 3 fully saturated rings. The van der Waals surface area contributed by atoms with Gasteiger partial charge in [-0.2, -0.15) is 0 Å². The van der Waals surface area contributed by atoms with Crippen LogP contribution < -0.4 is 0 Å². The Hall–Kier alpha value is -0.200. The highest BCUT2D eigenvalue weighted by Crippen LogP contribution is 2.52. The predicted molar refractivity (Wildman–Crippen MR) is 53.7 cm³/mol.